The van der Waals surface area contributed by atoms with Crippen LogP contribution in [0.3, 0.4) is 0 Å². The first-order valence-corrected chi connectivity index (χ1v) is 0.928. The molecule has 0 aromatic rings. The Morgan fingerprint density at radius 1 is 0.909 bits per heavy atom. The molecule has 0 aliphatic heterocycles. The average molecular weight is 238 g/mol. The van der Waals surface area contributed by atoms with Gasteiger partial charge in [-0.2, -0.15) is 0 Å². The van der Waals surface area contributed by atoms with E-state index in [9.17, 15) is 0 Å². The maximum atomic E-state index is 9.00. The fourth-order valence-corrected chi connectivity index (χ4v) is 0. The van der Waals surface area contributed by atoms with Gasteiger partial charge in [0.25, 0.3) is 5.97 Å². The summed E-state index contributed by atoms with van der Waals surface area (Å²) in [5.41, 5.74) is 0. The number of hydrogen-bond acceptors (Lipinski definition) is 5. The standard InChI is InChI=1S/C2H4O2.3ClH.4H3N/c1-2(3)4;;;;;;;/h1H3,(H,3,4);3*1H;4*1H3. The van der Waals surface area contributed by atoms with E-state index < -0.39 is 5.97 Å². The average Bonchev–Trinajstić information content (AvgIpc) is 0.811. The molecule has 6 nitrogen and oxygen atoms in total. The number of carbonyl (C=O) groups is 1. The molecule has 0 amide bonds. The van der Waals surface area contributed by atoms with Gasteiger partial charge in [-0.1, -0.05) is 0 Å². The molecule has 0 bridgehead atoms. The lowest BCUT2D eigenvalue weighted by Gasteiger charge is -1.59. The molecule has 0 unspecified atom stereocenters. The van der Waals surface area contributed by atoms with Gasteiger partial charge in [-0.3, -0.25) is 4.79 Å². The molecule has 0 aromatic heterocycles. The minimum atomic E-state index is -0.833. The molecule has 0 aromatic carbocycles. The van der Waals surface area contributed by atoms with Crippen molar-refractivity contribution < 1.29 is 9.90 Å². The lowest BCUT2D eigenvalue weighted by Crippen LogP contribution is -1.78. The fourth-order valence-electron chi connectivity index (χ4n) is 0. The zero-order valence-corrected chi connectivity index (χ0v) is 8.86. The highest BCUT2D eigenvalue weighted by Crippen LogP contribution is 1.42. The summed E-state index contributed by atoms with van der Waals surface area (Å²) in [6, 6.07) is 0. The van der Waals surface area contributed by atoms with Crippen LogP contribution in [0.5, 0.6) is 0 Å². The van der Waals surface area contributed by atoms with Crippen molar-refractivity contribution in [2.75, 3.05) is 0 Å². The maximum Gasteiger partial charge on any atom is 0.300 e. The normalized spacial score (nSPS) is 2.27. The Hall–Kier alpha value is 0.180. The molecule has 0 aliphatic carbocycles. The second-order valence-electron chi connectivity index (χ2n) is 0.519. The van der Waals surface area contributed by atoms with Crippen LogP contribution in [0.4, 0.5) is 0 Å². The van der Waals surface area contributed by atoms with Crippen molar-refractivity contribution in [1.82, 2.24) is 24.6 Å². The van der Waals surface area contributed by atoms with Crippen LogP contribution in [-0.4, -0.2) is 11.1 Å². The summed E-state index contributed by atoms with van der Waals surface area (Å²) in [7, 11) is 0. The minimum absolute atomic E-state index is 0. The summed E-state index contributed by atoms with van der Waals surface area (Å²) in [4.78, 5) is 9.00. The van der Waals surface area contributed by atoms with Crippen molar-refractivity contribution in [2.45, 2.75) is 6.92 Å². The smallest absolute Gasteiger partial charge is 0.300 e. The number of carboxylic acid groups (broad SMARTS) is 1. The van der Waals surface area contributed by atoms with E-state index in [1.165, 1.54) is 0 Å². The molecule has 0 atom stereocenters. The van der Waals surface area contributed by atoms with Crippen LogP contribution >= 0.6 is 37.2 Å². The molecule has 0 spiro atoms. The van der Waals surface area contributed by atoms with Gasteiger partial charge in [0, 0.05) is 6.92 Å². The van der Waals surface area contributed by atoms with Crippen molar-refractivity contribution >= 4 is 43.2 Å². The van der Waals surface area contributed by atoms with Crippen molar-refractivity contribution in [3.05, 3.63) is 0 Å². The molecule has 0 saturated heterocycles. The van der Waals surface area contributed by atoms with Gasteiger partial charge in [0.05, 0.1) is 0 Å². The van der Waals surface area contributed by atoms with Gasteiger partial charge in [0.1, 0.15) is 0 Å². The SMILES string of the molecule is CC(=O)O.Cl.Cl.Cl.N.N.N.N. The van der Waals surface area contributed by atoms with Gasteiger partial charge < -0.3 is 29.7 Å². The van der Waals surface area contributed by atoms with Crippen LogP contribution < -0.4 is 24.6 Å². The number of rotatable bonds is 0. The largest absolute Gasteiger partial charge is 0.481 e. The monoisotopic (exact) mass is 236 g/mol. The Balaban J connectivity index is -0.00000000214. The van der Waals surface area contributed by atoms with Crippen molar-refractivity contribution in [1.29, 1.82) is 0 Å². The highest BCUT2D eigenvalue weighted by Gasteiger charge is 1.65. The Kier molecular flexibility index (Phi) is 884. The Morgan fingerprint density at radius 3 is 0.909 bits per heavy atom. The molecule has 0 saturated carbocycles. The maximum absolute atomic E-state index is 9.00. The van der Waals surface area contributed by atoms with E-state index in [2.05, 4.69) is 0 Å². The predicted molar refractivity (Wildman–Crippen MR) is 55.1 cm³/mol. The molecular weight excluding hydrogens is 218 g/mol. The van der Waals surface area contributed by atoms with E-state index in [4.69, 9.17) is 9.90 Å². The molecule has 0 rings (SSSR count). The second-order valence-corrected chi connectivity index (χ2v) is 0.519. The Morgan fingerprint density at radius 2 is 0.909 bits per heavy atom. The Bertz CT molecular complexity index is 44.3. The van der Waals surface area contributed by atoms with Crippen LogP contribution in [-0.2, 0) is 4.79 Å². The van der Waals surface area contributed by atoms with Crippen LogP contribution in [0.2, 0.25) is 0 Å². The van der Waals surface area contributed by atoms with E-state index in [-0.39, 0.29) is 61.8 Å². The van der Waals surface area contributed by atoms with Gasteiger partial charge >= 0.3 is 0 Å². The van der Waals surface area contributed by atoms with E-state index in [0.717, 1.165) is 6.92 Å². The molecule has 0 radical (unpaired) electrons. The zero-order chi connectivity index (χ0) is 3.58. The van der Waals surface area contributed by atoms with Crippen LogP contribution in [0.25, 0.3) is 0 Å². The molecule has 13 N–H and O–H groups in total. The third kappa shape index (κ3) is 21000. The lowest BCUT2D eigenvalue weighted by molar-refractivity contribution is -0.134. The minimum Gasteiger partial charge on any atom is -0.481 e. The number of carboxylic acids is 1. The third-order valence-electron chi connectivity index (χ3n) is 0. The highest BCUT2D eigenvalue weighted by atomic mass is 35.5. The molecule has 80 valence electrons. The van der Waals surface area contributed by atoms with Gasteiger partial charge in [0.2, 0.25) is 0 Å². The second kappa shape index (κ2) is 84.8. The summed E-state index contributed by atoms with van der Waals surface area (Å²) in [5, 5.41) is 7.42. The van der Waals surface area contributed by atoms with Crippen molar-refractivity contribution in [3.8, 4) is 0 Å². The first kappa shape index (κ1) is 115. The molecule has 0 fully saturated rings. The quantitative estimate of drug-likeness (QED) is 0.430. The van der Waals surface area contributed by atoms with Gasteiger partial charge in [-0.25, -0.2) is 0 Å². The summed E-state index contributed by atoms with van der Waals surface area (Å²) in [6.07, 6.45) is 0. The summed E-state index contributed by atoms with van der Waals surface area (Å²) in [5.74, 6) is -0.833. The lowest BCUT2D eigenvalue weighted by atomic mass is 10.9. The number of halogens is 3. The van der Waals surface area contributed by atoms with Gasteiger partial charge in [-0.05, 0) is 0 Å². The first-order valence-electron chi connectivity index (χ1n) is 0.928. The fraction of sp³-hybridized carbons (Fsp3) is 0.500. The van der Waals surface area contributed by atoms with Crippen LogP contribution in [0.1, 0.15) is 6.92 Å². The molecular formula is C2H19Cl3N4O2. The summed E-state index contributed by atoms with van der Waals surface area (Å²) < 4.78 is 0. The molecule has 11 heavy (non-hydrogen) atoms. The van der Waals surface area contributed by atoms with E-state index in [1.54, 1.807) is 0 Å². The predicted octanol–water partition coefficient (Wildman–Crippen LogP) is 2.00. The molecule has 0 aliphatic rings. The third-order valence-corrected chi connectivity index (χ3v) is 0. The van der Waals surface area contributed by atoms with E-state index in [1.807, 2.05) is 0 Å². The topological polar surface area (TPSA) is 177 Å². The highest BCUT2D eigenvalue weighted by molar-refractivity contribution is 5.86. The van der Waals surface area contributed by atoms with Crippen LogP contribution in [0, 0.1) is 0 Å². The molecule has 0 heterocycles. The van der Waals surface area contributed by atoms with E-state index >= 15 is 0 Å². The first-order chi connectivity index (χ1) is 1.73. The number of aliphatic carboxylic acids is 1. The Labute approximate surface area is 85.1 Å². The van der Waals surface area contributed by atoms with Crippen molar-refractivity contribution in [2.24, 2.45) is 0 Å². The van der Waals surface area contributed by atoms with Crippen molar-refractivity contribution in [3.63, 3.8) is 0 Å². The van der Waals surface area contributed by atoms with E-state index in [0.29, 0.717) is 0 Å². The van der Waals surface area contributed by atoms with Crippen LogP contribution in [0.15, 0.2) is 0 Å². The van der Waals surface area contributed by atoms with Gasteiger partial charge in [-0.15, -0.1) is 37.2 Å². The zero-order valence-electron chi connectivity index (χ0n) is 6.41. The molecule has 9 heteroatoms. The summed E-state index contributed by atoms with van der Waals surface area (Å²) >= 11 is 0. The summed E-state index contributed by atoms with van der Waals surface area (Å²) in [6.45, 7) is 1.08. The number of hydrogen-bond donors (Lipinski definition) is 5. The van der Waals surface area contributed by atoms with Gasteiger partial charge in [0.15, 0.2) is 0 Å².